The van der Waals surface area contributed by atoms with E-state index in [2.05, 4.69) is 0 Å². The largest absolute Gasteiger partial charge is 0.456 e. The monoisotopic (exact) mass is 609 g/mol. The van der Waals surface area contributed by atoms with Crippen LogP contribution in [0.5, 0.6) is 0 Å². The fourth-order valence-electron chi connectivity index (χ4n) is 6.79. The molecule has 1 heteroatoms. The van der Waals surface area contributed by atoms with Crippen molar-refractivity contribution in [3.63, 3.8) is 0 Å². The van der Waals surface area contributed by atoms with Crippen molar-refractivity contribution in [1.29, 1.82) is 0 Å². The maximum atomic E-state index is 9.50. The van der Waals surface area contributed by atoms with Gasteiger partial charge in [-0.25, -0.2) is 0 Å². The molecule has 0 aliphatic rings. The van der Waals surface area contributed by atoms with E-state index < -0.39 is 42.3 Å². The van der Waals surface area contributed by atoms with Crippen LogP contribution in [0.15, 0.2) is 174 Å². The maximum Gasteiger partial charge on any atom is 0.136 e. The first-order valence-electron chi connectivity index (χ1n) is 21.6. The SMILES string of the molecule is [2H]c1c([2H])c(-c2c3ccccc3c(-c3c([2H])c([2H])c([2H])c4oc5c([2H])c6c([2H])c([2H])c([2H])c([2H])c6c([2H])c5c34)c3ccccc23)c([2H])c([2H])c1-c1cccc2ccccc12. The number of benzene rings is 9. The van der Waals surface area contributed by atoms with Gasteiger partial charge in [-0.15, -0.1) is 0 Å². The zero-order valence-electron chi connectivity index (χ0n) is 37.6. The molecular weight excluding hydrogens is 569 g/mol. The Morgan fingerprint density at radius 3 is 1.70 bits per heavy atom. The van der Waals surface area contributed by atoms with E-state index >= 15 is 0 Å². The number of rotatable bonds is 3. The number of furan rings is 1. The van der Waals surface area contributed by atoms with E-state index in [-0.39, 0.29) is 85.7 Å². The Labute approximate surface area is 290 Å². The summed E-state index contributed by atoms with van der Waals surface area (Å²) in [5.74, 6) is 0. The summed E-state index contributed by atoms with van der Waals surface area (Å²) < 4.78 is 124. The Morgan fingerprint density at radius 1 is 0.383 bits per heavy atom. The third kappa shape index (κ3) is 3.97. The summed E-state index contributed by atoms with van der Waals surface area (Å²) in [5, 5.41) is 3.20. The van der Waals surface area contributed by atoms with Gasteiger partial charge in [0.1, 0.15) is 11.2 Å². The summed E-state index contributed by atoms with van der Waals surface area (Å²) in [4.78, 5) is 0. The average molecular weight is 610 g/mol. The lowest BCUT2D eigenvalue weighted by Crippen LogP contribution is -1.91. The molecule has 0 amide bonds. The lowest BCUT2D eigenvalue weighted by Gasteiger charge is -2.18. The second-order valence-corrected chi connectivity index (χ2v) is 11.4. The topological polar surface area (TPSA) is 13.1 Å². The van der Waals surface area contributed by atoms with E-state index in [1.807, 2.05) is 36.4 Å². The van der Waals surface area contributed by atoms with E-state index in [4.69, 9.17) is 14.0 Å². The first-order valence-corrected chi connectivity index (χ1v) is 15.1. The summed E-state index contributed by atoms with van der Waals surface area (Å²) >= 11 is 0. The first kappa shape index (κ1) is 16.4. The Balaban J connectivity index is 1.37. The van der Waals surface area contributed by atoms with Crippen molar-refractivity contribution < 1.29 is 22.2 Å². The van der Waals surface area contributed by atoms with Gasteiger partial charge in [0, 0.05) is 10.8 Å². The van der Waals surface area contributed by atoms with Gasteiger partial charge in [-0.2, -0.15) is 0 Å². The van der Waals surface area contributed by atoms with Crippen LogP contribution in [-0.4, -0.2) is 0 Å². The van der Waals surface area contributed by atoms with Crippen molar-refractivity contribution in [2.45, 2.75) is 0 Å². The van der Waals surface area contributed by atoms with Crippen molar-refractivity contribution in [3.8, 4) is 33.4 Å². The fraction of sp³-hybridized carbons (Fsp3) is 0. The lowest BCUT2D eigenvalue weighted by molar-refractivity contribution is 0.669. The van der Waals surface area contributed by atoms with Crippen LogP contribution in [0.3, 0.4) is 0 Å². The highest BCUT2D eigenvalue weighted by Gasteiger charge is 2.20. The molecule has 1 heterocycles. The quantitative estimate of drug-likeness (QED) is 0.182. The van der Waals surface area contributed by atoms with E-state index in [1.54, 1.807) is 54.6 Å². The Bertz CT molecular complexity index is 3500. The molecule has 10 aromatic rings. The molecule has 47 heavy (non-hydrogen) atoms. The molecule has 0 saturated carbocycles. The highest BCUT2D eigenvalue weighted by atomic mass is 16.3. The van der Waals surface area contributed by atoms with Gasteiger partial charge in [-0.05, 0) is 94.6 Å². The standard InChI is InChI=1S/C46H28O/c1-2-13-33-28-43-41(27-32(33)12-1)46-40(21-10-22-42(46)47-43)45-38-18-7-5-16-36(38)44(37-17-6-8-19-39(37)45)31-25-23-30(24-26-31)35-20-9-14-29-11-3-4-15-34(29)35/h1-28H/i1D,2D,10D,12D,13D,21D,22D,23D,24D,25D,26D,27D,28D. The van der Waals surface area contributed by atoms with Crippen LogP contribution in [0.2, 0.25) is 0 Å². The van der Waals surface area contributed by atoms with Gasteiger partial charge < -0.3 is 4.42 Å². The molecule has 218 valence electrons. The third-order valence-electron chi connectivity index (χ3n) is 8.81. The number of fused-ring (bicyclic) bond motifs is 7. The normalized spacial score (nSPS) is 15.7. The Morgan fingerprint density at radius 2 is 0.979 bits per heavy atom. The predicted molar refractivity (Wildman–Crippen MR) is 200 cm³/mol. The second-order valence-electron chi connectivity index (χ2n) is 11.4. The van der Waals surface area contributed by atoms with Gasteiger partial charge in [0.25, 0.3) is 0 Å². The number of hydrogen-bond acceptors (Lipinski definition) is 1. The molecule has 0 N–H and O–H groups in total. The van der Waals surface area contributed by atoms with Crippen LogP contribution in [0.4, 0.5) is 0 Å². The molecular formula is C46H28O. The summed E-state index contributed by atoms with van der Waals surface area (Å²) in [6, 6.07) is 21.9. The van der Waals surface area contributed by atoms with Crippen LogP contribution in [0.1, 0.15) is 17.8 Å². The molecule has 0 radical (unpaired) electrons. The zero-order valence-corrected chi connectivity index (χ0v) is 24.6. The van der Waals surface area contributed by atoms with Crippen molar-refractivity contribution in [2.24, 2.45) is 0 Å². The molecule has 0 aliphatic heterocycles. The molecule has 0 unspecified atom stereocenters. The molecule has 1 aromatic heterocycles. The minimum Gasteiger partial charge on any atom is -0.456 e. The van der Waals surface area contributed by atoms with Crippen LogP contribution in [-0.2, 0) is 0 Å². The summed E-state index contributed by atoms with van der Waals surface area (Å²) in [6.07, 6.45) is 0. The molecule has 0 bridgehead atoms. The van der Waals surface area contributed by atoms with Crippen molar-refractivity contribution in [1.82, 2.24) is 0 Å². The van der Waals surface area contributed by atoms with Gasteiger partial charge in [0.2, 0.25) is 0 Å². The predicted octanol–water partition coefficient (Wildman–Crippen LogP) is 13.2. The lowest BCUT2D eigenvalue weighted by atomic mass is 9.84. The highest BCUT2D eigenvalue weighted by molar-refractivity contribution is 6.26. The van der Waals surface area contributed by atoms with Gasteiger partial charge in [0.05, 0.1) is 17.8 Å². The summed E-state index contributed by atoms with van der Waals surface area (Å²) in [7, 11) is 0. The third-order valence-corrected chi connectivity index (χ3v) is 8.81. The maximum absolute atomic E-state index is 9.50. The van der Waals surface area contributed by atoms with E-state index in [1.165, 1.54) is 0 Å². The highest BCUT2D eigenvalue weighted by Crippen LogP contribution is 2.47. The molecule has 0 aliphatic carbocycles. The van der Waals surface area contributed by atoms with Gasteiger partial charge in [-0.1, -0.05) is 151 Å². The molecule has 9 aromatic carbocycles. The van der Waals surface area contributed by atoms with E-state index in [0.29, 0.717) is 38.2 Å². The minimum absolute atomic E-state index is 0.0506. The summed E-state index contributed by atoms with van der Waals surface area (Å²) in [6.45, 7) is 0. The molecule has 0 spiro atoms. The molecule has 10 rings (SSSR count). The van der Waals surface area contributed by atoms with Crippen LogP contribution in [0.25, 0.3) is 98.4 Å². The van der Waals surface area contributed by atoms with Gasteiger partial charge in [0.15, 0.2) is 0 Å². The molecule has 1 nitrogen and oxygen atoms in total. The van der Waals surface area contributed by atoms with Crippen LogP contribution >= 0.6 is 0 Å². The zero-order chi connectivity index (χ0) is 42.2. The van der Waals surface area contributed by atoms with E-state index in [9.17, 15) is 8.22 Å². The van der Waals surface area contributed by atoms with Gasteiger partial charge in [-0.3, -0.25) is 0 Å². The first-order chi connectivity index (χ1) is 28.8. The van der Waals surface area contributed by atoms with E-state index in [0.717, 1.165) is 10.8 Å². The number of hydrogen-bond donors (Lipinski definition) is 0. The van der Waals surface area contributed by atoms with Crippen molar-refractivity contribution in [3.05, 3.63) is 170 Å². The Hall–Kier alpha value is -6.18. The smallest absolute Gasteiger partial charge is 0.136 e. The average Bonchev–Trinajstić information content (AvgIpc) is 3.66. The minimum atomic E-state index is -0.587. The van der Waals surface area contributed by atoms with Crippen molar-refractivity contribution >= 4 is 65.0 Å². The van der Waals surface area contributed by atoms with Crippen LogP contribution in [0, 0.1) is 0 Å². The molecule has 0 saturated heterocycles. The fourth-order valence-corrected chi connectivity index (χ4v) is 6.79. The molecule has 0 fully saturated rings. The van der Waals surface area contributed by atoms with Crippen LogP contribution < -0.4 is 0 Å². The van der Waals surface area contributed by atoms with Gasteiger partial charge >= 0.3 is 0 Å². The second kappa shape index (κ2) is 10.2. The van der Waals surface area contributed by atoms with Crippen molar-refractivity contribution in [2.75, 3.05) is 0 Å². The molecule has 0 atom stereocenters. The summed E-state index contributed by atoms with van der Waals surface area (Å²) in [5.41, 5.74) is 1.25. The Kier molecular flexibility index (Phi) is 3.55.